The Kier molecular flexibility index (Phi) is 10.2. The molecule has 0 radical (unpaired) electrons. The van der Waals surface area contributed by atoms with Gasteiger partial charge in [-0.1, -0.05) is 70.9 Å². The third-order valence-electron chi connectivity index (χ3n) is 6.46. The molecule has 0 heterocycles. The zero-order valence-corrected chi connectivity index (χ0v) is 26.3. The maximum Gasteiger partial charge on any atom is 0.264 e. The summed E-state index contributed by atoms with van der Waals surface area (Å²) in [5.74, 6) is -0.805. The molecule has 40 heavy (non-hydrogen) atoms. The highest BCUT2D eigenvalue weighted by Crippen LogP contribution is 2.28. The molecule has 7 nitrogen and oxygen atoms in total. The molecule has 3 aromatic rings. The SMILES string of the molecule is CCc1ccccc1N(CC(=O)N(Cc1ccc(Br)cc1)[C@H](C)C(=O)NC(C)(C)C)S(=O)(=O)c1ccc(C)cc1. The van der Waals surface area contributed by atoms with Gasteiger partial charge < -0.3 is 10.2 Å². The molecule has 9 heteroatoms. The van der Waals surface area contributed by atoms with Crippen molar-refractivity contribution >= 4 is 43.5 Å². The van der Waals surface area contributed by atoms with Crippen molar-refractivity contribution < 1.29 is 18.0 Å². The van der Waals surface area contributed by atoms with Crippen LogP contribution in [-0.2, 0) is 32.6 Å². The van der Waals surface area contributed by atoms with Crippen LogP contribution in [0.4, 0.5) is 5.69 Å². The lowest BCUT2D eigenvalue weighted by Crippen LogP contribution is -2.54. The minimum absolute atomic E-state index is 0.0924. The lowest BCUT2D eigenvalue weighted by Gasteiger charge is -2.34. The third-order valence-corrected chi connectivity index (χ3v) is 8.76. The monoisotopic (exact) mass is 627 g/mol. The molecule has 0 aliphatic heterocycles. The normalized spacial score (nSPS) is 12.5. The number of nitrogens with one attached hydrogen (secondary N) is 1. The Balaban J connectivity index is 2.07. The standard InChI is InChI=1S/C31H38BrN3O4S/c1-7-25-10-8-9-11-28(25)35(40(38,39)27-18-12-22(2)13-19-27)21-29(36)34(20-24-14-16-26(32)17-15-24)23(3)30(37)33-31(4,5)6/h8-19,23H,7,20-21H2,1-6H3,(H,33,37)/t23-/m1/s1. The van der Waals surface area contributed by atoms with Gasteiger partial charge in [-0.05, 0) is 82.5 Å². The molecule has 0 aliphatic carbocycles. The van der Waals surface area contributed by atoms with Gasteiger partial charge in [0.1, 0.15) is 12.6 Å². The molecular formula is C31H38BrN3O4S. The first-order chi connectivity index (χ1) is 18.7. The second-order valence-corrected chi connectivity index (χ2v) is 13.6. The smallest absolute Gasteiger partial charge is 0.264 e. The minimum atomic E-state index is -4.11. The number of hydrogen-bond acceptors (Lipinski definition) is 4. The van der Waals surface area contributed by atoms with E-state index in [1.165, 1.54) is 9.21 Å². The average molecular weight is 629 g/mol. The predicted molar refractivity (Wildman–Crippen MR) is 164 cm³/mol. The maximum atomic E-state index is 14.1. The number of amides is 2. The molecule has 1 N–H and O–H groups in total. The summed E-state index contributed by atoms with van der Waals surface area (Å²) in [6.45, 7) is 10.8. The molecule has 0 spiro atoms. The van der Waals surface area contributed by atoms with Crippen molar-refractivity contribution in [1.29, 1.82) is 0 Å². The van der Waals surface area contributed by atoms with Crippen LogP contribution in [0.2, 0.25) is 0 Å². The summed E-state index contributed by atoms with van der Waals surface area (Å²) < 4.78 is 30.1. The summed E-state index contributed by atoms with van der Waals surface area (Å²) in [7, 11) is -4.11. The van der Waals surface area contributed by atoms with E-state index < -0.39 is 34.1 Å². The molecular weight excluding hydrogens is 590 g/mol. The van der Waals surface area contributed by atoms with E-state index in [4.69, 9.17) is 0 Å². The zero-order chi connectivity index (χ0) is 29.7. The van der Waals surface area contributed by atoms with Crippen molar-refractivity contribution in [2.45, 2.75) is 71.0 Å². The molecule has 3 aromatic carbocycles. The number of anilines is 1. The number of para-hydroxylation sites is 1. The van der Waals surface area contributed by atoms with Crippen molar-refractivity contribution in [3.8, 4) is 0 Å². The molecule has 0 saturated carbocycles. The quantitative estimate of drug-likeness (QED) is 0.306. The van der Waals surface area contributed by atoms with Crippen LogP contribution in [0.15, 0.2) is 82.2 Å². The number of sulfonamides is 1. The summed E-state index contributed by atoms with van der Waals surface area (Å²) in [5.41, 5.74) is 2.47. The van der Waals surface area contributed by atoms with Gasteiger partial charge in [-0.15, -0.1) is 0 Å². The first-order valence-electron chi connectivity index (χ1n) is 13.3. The van der Waals surface area contributed by atoms with E-state index in [0.29, 0.717) is 12.1 Å². The van der Waals surface area contributed by atoms with Crippen molar-refractivity contribution in [3.05, 3.63) is 94.0 Å². The summed E-state index contributed by atoms with van der Waals surface area (Å²) in [6.07, 6.45) is 0.581. The van der Waals surface area contributed by atoms with E-state index in [-0.39, 0.29) is 17.3 Å². The number of carbonyl (C=O) groups is 2. The van der Waals surface area contributed by atoms with Crippen LogP contribution >= 0.6 is 15.9 Å². The second kappa shape index (κ2) is 13.0. The second-order valence-electron chi connectivity index (χ2n) is 10.9. The molecule has 0 aromatic heterocycles. The van der Waals surface area contributed by atoms with E-state index in [1.807, 2.05) is 71.0 Å². The summed E-state index contributed by atoms with van der Waals surface area (Å²) in [4.78, 5) is 28.8. The highest BCUT2D eigenvalue weighted by molar-refractivity contribution is 9.10. The first-order valence-corrected chi connectivity index (χ1v) is 15.5. The molecule has 0 saturated heterocycles. The van der Waals surface area contributed by atoms with Gasteiger partial charge >= 0.3 is 0 Å². The van der Waals surface area contributed by atoms with Gasteiger partial charge in [-0.3, -0.25) is 13.9 Å². The Labute approximate surface area is 246 Å². The predicted octanol–water partition coefficient (Wildman–Crippen LogP) is 5.85. The number of halogens is 1. The number of carbonyl (C=O) groups excluding carboxylic acids is 2. The number of rotatable bonds is 10. The van der Waals surface area contributed by atoms with E-state index >= 15 is 0 Å². The number of nitrogens with zero attached hydrogens (tertiary/aromatic N) is 2. The molecule has 0 bridgehead atoms. The van der Waals surface area contributed by atoms with Crippen LogP contribution in [-0.4, -0.2) is 43.3 Å². The van der Waals surface area contributed by atoms with Crippen LogP contribution in [0, 0.1) is 6.92 Å². The number of aryl methyl sites for hydroxylation is 2. The van der Waals surface area contributed by atoms with Gasteiger partial charge in [-0.2, -0.15) is 0 Å². The maximum absolute atomic E-state index is 14.1. The summed E-state index contributed by atoms with van der Waals surface area (Å²) in [6, 6.07) is 20.4. The molecule has 1 atom stereocenters. The molecule has 2 amide bonds. The molecule has 214 valence electrons. The van der Waals surface area contributed by atoms with E-state index in [2.05, 4.69) is 21.2 Å². The highest BCUT2D eigenvalue weighted by Gasteiger charge is 2.34. The van der Waals surface area contributed by atoms with Crippen LogP contribution < -0.4 is 9.62 Å². The Morgan fingerprint density at radius 1 is 0.950 bits per heavy atom. The fraction of sp³-hybridized carbons (Fsp3) is 0.355. The molecule has 0 unspecified atom stereocenters. The Morgan fingerprint density at radius 2 is 1.55 bits per heavy atom. The van der Waals surface area contributed by atoms with Crippen LogP contribution in [0.3, 0.4) is 0 Å². The van der Waals surface area contributed by atoms with Gasteiger partial charge in [0.05, 0.1) is 10.6 Å². The van der Waals surface area contributed by atoms with Crippen molar-refractivity contribution in [2.75, 3.05) is 10.8 Å². The van der Waals surface area contributed by atoms with E-state index in [1.54, 1.807) is 43.3 Å². The Bertz CT molecular complexity index is 1430. The lowest BCUT2D eigenvalue weighted by atomic mass is 10.1. The topological polar surface area (TPSA) is 86.8 Å². The van der Waals surface area contributed by atoms with E-state index in [9.17, 15) is 18.0 Å². The Hall–Kier alpha value is -3.17. The molecule has 0 aliphatic rings. The van der Waals surface area contributed by atoms with Crippen molar-refractivity contribution in [1.82, 2.24) is 10.2 Å². The summed E-state index contributed by atoms with van der Waals surface area (Å²) in [5, 5.41) is 2.94. The van der Waals surface area contributed by atoms with Gasteiger partial charge in [0.15, 0.2) is 0 Å². The number of hydrogen-bond donors (Lipinski definition) is 1. The van der Waals surface area contributed by atoms with Gasteiger partial charge in [0.2, 0.25) is 11.8 Å². The first kappa shape index (κ1) is 31.4. The fourth-order valence-electron chi connectivity index (χ4n) is 4.25. The Morgan fingerprint density at radius 3 is 2.12 bits per heavy atom. The van der Waals surface area contributed by atoms with Crippen LogP contribution in [0.25, 0.3) is 0 Å². The van der Waals surface area contributed by atoms with Gasteiger partial charge in [0.25, 0.3) is 10.0 Å². The summed E-state index contributed by atoms with van der Waals surface area (Å²) >= 11 is 3.43. The molecule has 0 fully saturated rings. The van der Waals surface area contributed by atoms with Crippen molar-refractivity contribution in [3.63, 3.8) is 0 Å². The minimum Gasteiger partial charge on any atom is -0.350 e. The lowest BCUT2D eigenvalue weighted by molar-refractivity contribution is -0.140. The largest absolute Gasteiger partial charge is 0.350 e. The van der Waals surface area contributed by atoms with Gasteiger partial charge in [0, 0.05) is 16.6 Å². The average Bonchev–Trinajstić information content (AvgIpc) is 2.90. The van der Waals surface area contributed by atoms with E-state index in [0.717, 1.165) is 21.2 Å². The number of benzene rings is 3. The van der Waals surface area contributed by atoms with Crippen LogP contribution in [0.1, 0.15) is 51.3 Å². The highest BCUT2D eigenvalue weighted by atomic mass is 79.9. The van der Waals surface area contributed by atoms with Crippen LogP contribution in [0.5, 0.6) is 0 Å². The zero-order valence-electron chi connectivity index (χ0n) is 23.9. The van der Waals surface area contributed by atoms with Crippen molar-refractivity contribution in [2.24, 2.45) is 0 Å². The third kappa shape index (κ3) is 7.95. The van der Waals surface area contributed by atoms with Gasteiger partial charge in [-0.25, -0.2) is 8.42 Å². The molecule has 3 rings (SSSR count). The fourth-order valence-corrected chi connectivity index (χ4v) is 5.96.